The lowest BCUT2D eigenvalue weighted by atomic mass is 10.2. The molecule has 6 heteroatoms. The monoisotopic (exact) mass is 326 g/mol. The molecule has 1 saturated heterocycles. The third-order valence-corrected chi connectivity index (χ3v) is 3.85. The van der Waals surface area contributed by atoms with Crippen LogP contribution in [0.1, 0.15) is 19.3 Å². The van der Waals surface area contributed by atoms with Crippen LogP contribution in [-0.4, -0.2) is 28.8 Å². The Kier molecular flexibility index (Phi) is 3.05. The van der Waals surface area contributed by atoms with Crippen LogP contribution in [0.2, 0.25) is 0 Å². The van der Waals surface area contributed by atoms with Gasteiger partial charge < -0.3 is 5.32 Å². The van der Waals surface area contributed by atoms with Crippen molar-refractivity contribution in [3.05, 3.63) is 28.5 Å². The summed E-state index contributed by atoms with van der Waals surface area (Å²) in [5, 5.41) is 2.82. The lowest BCUT2D eigenvalue weighted by Gasteiger charge is -2.15. The van der Waals surface area contributed by atoms with E-state index in [1.165, 1.54) is 11.0 Å². The highest BCUT2D eigenvalue weighted by atomic mass is 79.9. The highest BCUT2D eigenvalue weighted by molar-refractivity contribution is 9.10. The van der Waals surface area contributed by atoms with Gasteiger partial charge in [-0.05, 0) is 31.0 Å². The molecule has 2 fully saturated rings. The number of halogens is 2. The molecular weight excluding hydrogens is 315 g/mol. The number of likely N-dealkylation sites (tertiary alicyclic amines) is 1. The Hall–Kier alpha value is -1.43. The molecule has 0 radical (unpaired) electrons. The van der Waals surface area contributed by atoms with Gasteiger partial charge in [-0.15, -0.1) is 0 Å². The summed E-state index contributed by atoms with van der Waals surface area (Å²) < 4.78 is 14.3. The van der Waals surface area contributed by atoms with Crippen molar-refractivity contribution in [2.75, 3.05) is 5.32 Å². The molecule has 1 saturated carbocycles. The van der Waals surface area contributed by atoms with Gasteiger partial charge in [0.1, 0.15) is 11.9 Å². The van der Waals surface area contributed by atoms with Crippen LogP contribution in [-0.2, 0) is 9.59 Å². The third kappa shape index (κ3) is 2.36. The summed E-state index contributed by atoms with van der Waals surface area (Å²) in [6, 6.07) is 3.98. The highest BCUT2D eigenvalue weighted by Crippen LogP contribution is 2.32. The van der Waals surface area contributed by atoms with Crippen LogP contribution in [0, 0.1) is 5.82 Å². The number of rotatable bonds is 3. The maximum atomic E-state index is 13.7. The van der Waals surface area contributed by atoms with Crippen molar-refractivity contribution < 1.29 is 14.0 Å². The minimum atomic E-state index is -0.649. The smallest absolute Gasteiger partial charge is 0.252 e. The fraction of sp³-hybridized carbons (Fsp3) is 0.385. The molecule has 0 spiro atoms. The standard InChI is InChI=1S/C13H12BrFN2O2/c14-7-1-4-10(9(15)5-7)16-11-6-12(18)17(13(11)19)8-2-3-8/h1,4-5,8,11,16H,2-3,6H2. The quantitative estimate of drug-likeness (QED) is 0.867. The van der Waals surface area contributed by atoms with E-state index in [0.717, 1.165) is 12.8 Å². The van der Waals surface area contributed by atoms with E-state index in [9.17, 15) is 14.0 Å². The number of hydrogen-bond acceptors (Lipinski definition) is 3. The Bertz CT molecular complexity index is 560. The zero-order chi connectivity index (χ0) is 13.6. The number of hydrogen-bond donors (Lipinski definition) is 1. The topological polar surface area (TPSA) is 49.4 Å². The number of benzene rings is 1. The van der Waals surface area contributed by atoms with Gasteiger partial charge in [-0.2, -0.15) is 0 Å². The zero-order valence-electron chi connectivity index (χ0n) is 10.0. The van der Waals surface area contributed by atoms with Gasteiger partial charge in [-0.1, -0.05) is 15.9 Å². The Morgan fingerprint density at radius 3 is 2.68 bits per heavy atom. The van der Waals surface area contributed by atoms with Crippen LogP contribution in [0.3, 0.4) is 0 Å². The summed E-state index contributed by atoms with van der Waals surface area (Å²) in [4.78, 5) is 25.2. The van der Waals surface area contributed by atoms with E-state index >= 15 is 0 Å². The predicted molar refractivity (Wildman–Crippen MR) is 71.0 cm³/mol. The third-order valence-electron chi connectivity index (χ3n) is 3.36. The first-order chi connectivity index (χ1) is 9.06. The number of nitrogens with one attached hydrogen (secondary N) is 1. The normalized spacial score (nSPS) is 23.1. The molecule has 1 unspecified atom stereocenters. The first-order valence-corrected chi connectivity index (χ1v) is 6.93. The molecule has 1 atom stereocenters. The molecule has 2 amide bonds. The molecule has 1 N–H and O–H groups in total. The molecule has 1 aliphatic carbocycles. The fourth-order valence-electron chi connectivity index (χ4n) is 2.27. The lowest BCUT2D eigenvalue weighted by Crippen LogP contribution is -2.36. The van der Waals surface area contributed by atoms with Crippen LogP contribution in [0.4, 0.5) is 10.1 Å². The summed E-state index contributed by atoms with van der Waals surface area (Å²) in [5.74, 6) is -0.850. The summed E-state index contributed by atoms with van der Waals surface area (Å²) in [6.07, 6.45) is 1.87. The Balaban J connectivity index is 1.76. The number of nitrogens with zero attached hydrogens (tertiary/aromatic N) is 1. The SMILES string of the molecule is O=C1CC(Nc2ccc(Br)cc2F)C(=O)N1C1CC1. The molecule has 4 nitrogen and oxygen atoms in total. The number of imide groups is 1. The second-order valence-electron chi connectivity index (χ2n) is 4.86. The van der Waals surface area contributed by atoms with Crippen molar-refractivity contribution in [3.8, 4) is 0 Å². The number of amides is 2. The van der Waals surface area contributed by atoms with Crippen LogP contribution in [0.5, 0.6) is 0 Å². The zero-order valence-corrected chi connectivity index (χ0v) is 11.6. The second-order valence-corrected chi connectivity index (χ2v) is 5.77. The predicted octanol–water partition coefficient (Wildman–Crippen LogP) is 2.29. The van der Waals surface area contributed by atoms with Gasteiger partial charge in [0.05, 0.1) is 12.1 Å². The molecule has 1 aliphatic heterocycles. The van der Waals surface area contributed by atoms with Gasteiger partial charge >= 0.3 is 0 Å². The van der Waals surface area contributed by atoms with Gasteiger partial charge in [0, 0.05) is 10.5 Å². The van der Waals surface area contributed by atoms with E-state index in [1.807, 2.05) is 0 Å². The molecule has 0 aromatic heterocycles. The molecule has 1 aromatic carbocycles. The maximum Gasteiger partial charge on any atom is 0.252 e. The number of carbonyl (C=O) groups excluding carboxylic acids is 2. The Morgan fingerprint density at radius 1 is 1.32 bits per heavy atom. The van der Waals surface area contributed by atoms with Gasteiger partial charge in [-0.3, -0.25) is 14.5 Å². The van der Waals surface area contributed by atoms with E-state index < -0.39 is 11.9 Å². The summed E-state index contributed by atoms with van der Waals surface area (Å²) in [5.41, 5.74) is 0.243. The van der Waals surface area contributed by atoms with Crippen molar-refractivity contribution in [1.29, 1.82) is 0 Å². The van der Waals surface area contributed by atoms with E-state index in [-0.39, 0.29) is 30.0 Å². The lowest BCUT2D eigenvalue weighted by molar-refractivity contribution is -0.139. The van der Waals surface area contributed by atoms with Crippen LogP contribution >= 0.6 is 15.9 Å². The molecular formula is C13H12BrFN2O2. The fourth-order valence-corrected chi connectivity index (χ4v) is 2.61. The van der Waals surface area contributed by atoms with Crippen LogP contribution in [0.15, 0.2) is 22.7 Å². The van der Waals surface area contributed by atoms with Gasteiger partial charge in [0.2, 0.25) is 5.91 Å². The maximum absolute atomic E-state index is 13.7. The van der Waals surface area contributed by atoms with Crippen molar-refractivity contribution >= 4 is 33.4 Å². The molecule has 1 aromatic rings. The first kappa shape index (κ1) is 12.6. The molecule has 1 heterocycles. The van der Waals surface area contributed by atoms with Gasteiger partial charge in [-0.25, -0.2) is 4.39 Å². The summed E-state index contributed by atoms with van der Waals surface area (Å²) in [7, 11) is 0. The van der Waals surface area contributed by atoms with E-state index in [4.69, 9.17) is 0 Å². The highest BCUT2D eigenvalue weighted by Gasteiger charge is 2.46. The average molecular weight is 327 g/mol. The molecule has 0 bridgehead atoms. The van der Waals surface area contributed by atoms with E-state index in [0.29, 0.717) is 4.47 Å². The van der Waals surface area contributed by atoms with Crippen LogP contribution < -0.4 is 5.32 Å². The number of carbonyl (C=O) groups is 2. The summed E-state index contributed by atoms with van der Waals surface area (Å²) in [6.45, 7) is 0. The Labute approximate surface area is 118 Å². The van der Waals surface area contributed by atoms with Crippen molar-refractivity contribution in [1.82, 2.24) is 4.90 Å². The minimum absolute atomic E-state index is 0.0709. The van der Waals surface area contributed by atoms with Gasteiger partial charge in [0.15, 0.2) is 0 Å². The van der Waals surface area contributed by atoms with Crippen LogP contribution in [0.25, 0.3) is 0 Å². The largest absolute Gasteiger partial charge is 0.371 e. The van der Waals surface area contributed by atoms with E-state index in [2.05, 4.69) is 21.2 Å². The summed E-state index contributed by atoms with van der Waals surface area (Å²) >= 11 is 3.17. The molecule has 19 heavy (non-hydrogen) atoms. The van der Waals surface area contributed by atoms with Crippen molar-refractivity contribution in [2.24, 2.45) is 0 Å². The molecule has 100 valence electrons. The molecule has 2 aliphatic rings. The van der Waals surface area contributed by atoms with Crippen molar-refractivity contribution in [3.63, 3.8) is 0 Å². The average Bonchev–Trinajstić information content (AvgIpc) is 3.12. The minimum Gasteiger partial charge on any atom is -0.371 e. The van der Waals surface area contributed by atoms with E-state index in [1.54, 1.807) is 12.1 Å². The van der Waals surface area contributed by atoms with Gasteiger partial charge in [0.25, 0.3) is 5.91 Å². The number of anilines is 1. The first-order valence-electron chi connectivity index (χ1n) is 6.14. The van der Waals surface area contributed by atoms with Crippen molar-refractivity contribution in [2.45, 2.75) is 31.3 Å². The second kappa shape index (κ2) is 4.59. The molecule has 3 rings (SSSR count). The Morgan fingerprint density at radius 2 is 2.05 bits per heavy atom.